The van der Waals surface area contributed by atoms with Gasteiger partial charge in [0.15, 0.2) is 0 Å². The summed E-state index contributed by atoms with van der Waals surface area (Å²) >= 11 is 0. The average Bonchev–Trinajstić information content (AvgIpc) is 2.90. The van der Waals surface area contributed by atoms with Crippen LogP contribution in [0.3, 0.4) is 0 Å². The van der Waals surface area contributed by atoms with Crippen LogP contribution < -0.4 is 0 Å². The zero-order chi connectivity index (χ0) is 13.7. The van der Waals surface area contributed by atoms with E-state index in [9.17, 15) is 0 Å². The van der Waals surface area contributed by atoms with Crippen LogP contribution in [0.4, 0.5) is 0 Å². The lowest BCUT2D eigenvalue weighted by Crippen LogP contribution is -1.82. The van der Waals surface area contributed by atoms with Crippen LogP contribution in [-0.2, 0) is 19.0 Å². The molecule has 0 aliphatic heterocycles. The third-order valence-corrected chi connectivity index (χ3v) is 6.58. The molecule has 1 aliphatic rings. The number of hydrogen-bond acceptors (Lipinski definition) is 0. The predicted octanol–water partition coefficient (Wildman–Crippen LogP) is 6.11. The molecule has 1 unspecified atom stereocenters. The fourth-order valence-corrected chi connectivity index (χ4v) is 5.77. The zero-order valence-corrected chi connectivity index (χ0v) is 13.0. The minimum absolute atomic E-state index is 0.0450. The minimum atomic E-state index is -0.0450. The molecule has 0 amide bonds. The zero-order valence-electron chi connectivity index (χ0n) is 12.1. The standard InChI is InChI=1S/C18H25P/c1-4-7-8-11-19-17(10-6-3)14-16-12-15(9-5-2)13-18(16)19/h5-6,13-14H,2-4,7-12H2,1H3. The smallest absolute Gasteiger partial charge is 0.00229 e. The molecule has 0 saturated carbocycles. The molecule has 1 heteroatoms. The summed E-state index contributed by atoms with van der Waals surface area (Å²) in [5, 5.41) is 3.32. The van der Waals surface area contributed by atoms with Crippen LogP contribution in [0, 0.1) is 0 Å². The van der Waals surface area contributed by atoms with Crippen molar-refractivity contribution in [2.24, 2.45) is 0 Å². The van der Waals surface area contributed by atoms with Crippen LogP contribution in [-0.4, -0.2) is 0 Å². The van der Waals surface area contributed by atoms with Gasteiger partial charge in [-0.05, 0) is 48.0 Å². The van der Waals surface area contributed by atoms with E-state index in [1.54, 1.807) is 21.7 Å². The van der Waals surface area contributed by atoms with Crippen molar-refractivity contribution in [3.63, 3.8) is 0 Å². The van der Waals surface area contributed by atoms with E-state index in [1.165, 1.54) is 25.4 Å². The van der Waals surface area contributed by atoms with Crippen molar-refractivity contribution in [3.05, 3.63) is 53.1 Å². The quantitative estimate of drug-likeness (QED) is 0.396. The number of unbranched alkanes of at least 4 members (excludes halogenated alkanes) is 2. The van der Waals surface area contributed by atoms with Gasteiger partial charge in [0.25, 0.3) is 0 Å². The first-order valence-electron chi connectivity index (χ1n) is 7.42. The summed E-state index contributed by atoms with van der Waals surface area (Å²) in [6.45, 7) is 10.1. The number of fused-ring (bicyclic) bond motifs is 1. The Morgan fingerprint density at radius 1 is 1.21 bits per heavy atom. The first-order valence-corrected chi connectivity index (χ1v) is 8.95. The Kier molecular flexibility index (Phi) is 5.28. The Morgan fingerprint density at radius 2 is 2.00 bits per heavy atom. The third kappa shape index (κ3) is 3.31. The maximum absolute atomic E-state index is 3.92. The number of allylic oxidation sites excluding steroid dienone is 3. The van der Waals surface area contributed by atoms with E-state index in [2.05, 4.69) is 38.3 Å². The topological polar surface area (TPSA) is 0 Å². The van der Waals surface area contributed by atoms with Crippen LogP contribution in [0.15, 0.2) is 36.9 Å². The van der Waals surface area contributed by atoms with Gasteiger partial charge in [0, 0.05) is 0 Å². The highest BCUT2D eigenvalue weighted by Gasteiger charge is 2.19. The van der Waals surface area contributed by atoms with Crippen LogP contribution >= 0.6 is 7.53 Å². The van der Waals surface area contributed by atoms with Crippen LogP contribution in [0.2, 0.25) is 0 Å². The molecule has 0 saturated heterocycles. The Balaban J connectivity index is 2.22. The molecule has 1 aromatic rings. The second-order valence-electron chi connectivity index (χ2n) is 5.37. The van der Waals surface area contributed by atoms with Gasteiger partial charge in [-0.3, -0.25) is 0 Å². The molecule has 0 aromatic carbocycles. The van der Waals surface area contributed by atoms with Crippen molar-refractivity contribution >= 4 is 13.6 Å². The molecule has 1 atom stereocenters. The summed E-state index contributed by atoms with van der Waals surface area (Å²) in [6.07, 6.45) is 15.3. The molecule has 1 heterocycles. The fourth-order valence-electron chi connectivity index (χ4n) is 2.90. The second kappa shape index (κ2) is 6.96. The first-order chi connectivity index (χ1) is 9.30. The molecule has 0 bridgehead atoms. The molecular formula is C18H25P. The normalized spacial score (nSPS) is 14.2. The maximum Gasteiger partial charge on any atom is -0.00229 e. The highest BCUT2D eigenvalue weighted by atomic mass is 31.1. The van der Waals surface area contributed by atoms with Crippen molar-refractivity contribution in [1.82, 2.24) is 0 Å². The van der Waals surface area contributed by atoms with Crippen LogP contribution in [0.1, 0.15) is 48.8 Å². The summed E-state index contributed by atoms with van der Waals surface area (Å²) in [5.74, 6) is 0. The predicted molar refractivity (Wildman–Crippen MR) is 89.1 cm³/mol. The monoisotopic (exact) mass is 272 g/mol. The summed E-state index contributed by atoms with van der Waals surface area (Å²) in [6, 6.07) is 2.47. The molecule has 0 fully saturated rings. The van der Waals surface area contributed by atoms with E-state index in [0.29, 0.717) is 0 Å². The van der Waals surface area contributed by atoms with Gasteiger partial charge in [0.2, 0.25) is 0 Å². The van der Waals surface area contributed by atoms with Gasteiger partial charge in [-0.25, -0.2) is 0 Å². The van der Waals surface area contributed by atoms with Crippen molar-refractivity contribution in [2.45, 2.75) is 51.6 Å². The van der Waals surface area contributed by atoms with Gasteiger partial charge in [-0.1, -0.05) is 49.6 Å². The van der Waals surface area contributed by atoms with E-state index in [1.807, 2.05) is 6.08 Å². The van der Waals surface area contributed by atoms with Gasteiger partial charge in [-0.2, -0.15) is 0 Å². The molecule has 102 valence electrons. The maximum atomic E-state index is 3.92. The van der Waals surface area contributed by atoms with E-state index in [4.69, 9.17) is 0 Å². The molecule has 0 spiro atoms. The van der Waals surface area contributed by atoms with Gasteiger partial charge in [-0.15, -0.1) is 20.7 Å². The van der Waals surface area contributed by atoms with Crippen molar-refractivity contribution in [2.75, 3.05) is 0 Å². The molecular weight excluding hydrogens is 247 g/mol. The van der Waals surface area contributed by atoms with Crippen LogP contribution in [0.25, 0.3) is 6.08 Å². The fraction of sp³-hybridized carbons (Fsp3) is 0.444. The lowest BCUT2D eigenvalue weighted by molar-refractivity contribution is 0.753. The van der Waals surface area contributed by atoms with Gasteiger partial charge in [0.1, 0.15) is 0 Å². The Hall–Kier alpha value is -1.000. The van der Waals surface area contributed by atoms with E-state index in [-0.39, 0.29) is 7.53 Å². The summed E-state index contributed by atoms with van der Waals surface area (Å²) < 4.78 is 0. The summed E-state index contributed by atoms with van der Waals surface area (Å²) in [7, 11) is -0.0450. The molecule has 0 N–H and O–H groups in total. The lowest BCUT2D eigenvalue weighted by Gasteiger charge is -2.06. The Bertz CT molecular complexity index is 488. The van der Waals surface area contributed by atoms with E-state index in [0.717, 1.165) is 19.3 Å². The third-order valence-electron chi connectivity index (χ3n) is 3.81. The van der Waals surface area contributed by atoms with Gasteiger partial charge >= 0.3 is 0 Å². The van der Waals surface area contributed by atoms with Crippen molar-refractivity contribution in [1.29, 1.82) is 0 Å². The largest absolute Gasteiger partial charge is 0.114 e. The molecule has 2 rings (SSSR count). The molecule has 1 aliphatic carbocycles. The first kappa shape index (κ1) is 14.4. The molecule has 19 heavy (non-hydrogen) atoms. The second-order valence-corrected chi connectivity index (χ2v) is 7.73. The SMILES string of the molecule is C=CCC1=Cc2c(cc(CC=C)p2CCCCC)C1. The van der Waals surface area contributed by atoms with E-state index >= 15 is 0 Å². The van der Waals surface area contributed by atoms with Crippen molar-refractivity contribution < 1.29 is 0 Å². The molecule has 1 aromatic heterocycles. The highest BCUT2D eigenvalue weighted by Crippen LogP contribution is 2.49. The lowest BCUT2D eigenvalue weighted by atomic mass is 10.1. The van der Waals surface area contributed by atoms with Crippen molar-refractivity contribution in [3.8, 4) is 0 Å². The minimum Gasteiger partial charge on any atom is -0.114 e. The summed E-state index contributed by atoms with van der Waals surface area (Å²) in [4.78, 5) is 0. The average molecular weight is 272 g/mol. The Labute approximate surface area is 119 Å². The Morgan fingerprint density at radius 3 is 2.68 bits per heavy atom. The van der Waals surface area contributed by atoms with Gasteiger partial charge < -0.3 is 0 Å². The number of hydrogen-bond donors (Lipinski definition) is 0. The molecule has 0 radical (unpaired) electrons. The van der Waals surface area contributed by atoms with E-state index < -0.39 is 0 Å². The molecule has 0 nitrogen and oxygen atoms in total. The highest BCUT2D eigenvalue weighted by molar-refractivity contribution is 7.51. The van der Waals surface area contributed by atoms with Crippen LogP contribution in [0.5, 0.6) is 0 Å². The number of rotatable bonds is 8. The summed E-state index contributed by atoms with van der Waals surface area (Å²) in [5.41, 5.74) is 3.15. The van der Waals surface area contributed by atoms with Gasteiger partial charge in [0.05, 0.1) is 0 Å².